The predicted octanol–water partition coefficient (Wildman–Crippen LogP) is 2.53. The van der Waals surface area contributed by atoms with Gasteiger partial charge in [-0.05, 0) is 30.7 Å². The van der Waals surface area contributed by atoms with Crippen LogP contribution in [-0.2, 0) is 4.79 Å². The Morgan fingerprint density at radius 2 is 1.91 bits per heavy atom. The van der Waals surface area contributed by atoms with Crippen molar-refractivity contribution in [2.45, 2.75) is 6.92 Å². The number of halogens is 1. The summed E-state index contributed by atoms with van der Waals surface area (Å²) in [5.74, 6) is -0.783. The van der Waals surface area contributed by atoms with E-state index in [2.05, 4.69) is 15.8 Å². The Morgan fingerprint density at radius 1 is 1.17 bits per heavy atom. The van der Waals surface area contributed by atoms with Gasteiger partial charge in [0.2, 0.25) is 0 Å². The highest BCUT2D eigenvalue weighted by molar-refractivity contribution is 6.30. The van der Waals surface area contributed by atoms with Crippen LogP contribution in [0.15, 0.2) is 53.6 Å². The van der Waals surface area contributed by atoms with Gasteiger partial charge in [0.05, 0.1) is 12.8 Å². The number of nitrogens with one attached hydrogen (secondary N) is 2. The summed E-state index contributed by atoms with van der Waals surface area (Å²) in [7, 11) is 0. The van der Waals surface area contributed by atoms with Gasteiger partial charge in [0.15, 0.2) is 0 Å². The van der Waals surface area contributed by atoms with Gasteiger partial charge < -0.3 is 5.32 Å². The Hall–Kier alpha value is -2.66. The summed E-state index contributed by atoms with van der Waals surface area (Å²) in [5, 5.41) is 6.80. The Kier molecular flexibility index (Phi) is 5.88. The van der Waals surface area contributed by atoms with Crippen molar-refractivity contribution < 1.29 is 9.59 Å². The normalized spacial score (nSPS) is 10.5. The summed E-state index contributed by atoms with van der Waals surface area (Å²) in [6.07, 6.45) is 1.54. The van der Waals surface area contributed by atoms with Crippen LogP contribution in [0.3, 0.4) is 0 Å². The molecule has 2 aromatic rings. The van der Waals surface area contributed by atoms with E-state index < -0.39 is 5.91 Å². The Morgan fingerprint density at radius 3 is 2.61 bits per heavy atom. The second-order valence-electron chi connectivity index (χ2n) is 4.90. The van der Waals surface area contributed by atoms with E-state index in [0.717, 1.165) is 11.1 Å². The van der Waals surface area contributed by atoms with Crippen molar-refractivity contribution in [3.05, 3.63) is 70.2 Å². The lowest BCUT2D eigenvalue weighted by molar-refractivity contribution is -0.120. The molecule has 6 heteroatoms. The van der Waals surface area contributed by atoms with Gasteiger partial charge in [-0.2, -0.15) is 5.10 Å². The number of hydrogen-bond donors (Lipinski definition) is 2. The van der Waals surface area contributed by atoms with E-state index in [0.29, 0.717) is 10.6 Å². The molecule has 2 N–H and O–H groups in total. The lowest BCUT2D eigenvalue weighted by Gasteiger charge is -2.04. The lowest BCUT2D eigenvalue weighted by Crippen LogP contribution is -2.34. The molecule has 2 amide bonds. The molecule has 0 radical (unpaired) electrons. The standard InChI is InChI=1S/C17H16ClN3O2/c1-12-5-7-13(8-6-12)10-20-21-16(22)11-19-17(23)14-3-2-4-15(18)9-14/h2-10H,11H2,1H3,(H,19,23)(H,21,22). The van der Waals surface area contributed by atoms with Crippen molar-refractivity contribution in [2.24, 2.45) is 5.10 Å². The van der Waals surface area contributed by atoms with Crippen LogP contribution in [0.1, 0.15) is 21.5 Å². The second-order valence-corrected chi connectivity index (χ2v) is 5.33. The number of amides is 2. The Bertz CT molecular complexity index is 727. The van der Waals surface area contributed by atoms with E-state index in [1.165, 1.54) is 12.3 Å². The summed E-state index contributed by atoms with van der Waals surface area (Å²) >= 11 is 5.81. The SMILES string of the molecule is Cc1ccc(C=NNC(=O)CNC(=O)c2cccc(Cl)c2)cc1. The van der Waals surface area contributed by atoms with E-state index in [4.69, 9.17) is 11.6 Å². The molecule has 5 nitrogen and oxygen atoms in total. The largest absolute Gasteiger partial charge is 0.343 e. The minimum atomic E-state index is -0.413. The summed E-state index contributed by atoms with van der Waals surface area (Å²) in [6.45, 7) is 1.82. The molecule has 0 atom stereocenters. The van der Waals surface area contributed by atoms with Gasteiger partial charge in [0.25, 0.3) is 11.8 Å². The van der Waals surface area contributed by atoms with Crippen LogP contribution in [0.25, 0.3) is 0 Å². The molecular formula is C17H16ClN3O2. The van der Waals surface area contributed by atoms with Gasteiger partial charge in [-0.3, -0.25) is 9.59 Å². The van der Waals surface area contributed by atoms with Crippen molar-refractivity contribution in [1.29, 1.82) is 0 Å². The van der Waals surface area contributed by atoms with Crippen LogP contribution in [0.4, 0.5) is 0 Å². The van der Waals surface area contributed by atoms with Crippen molar-refractivity contribution in [2.75, 3.05) is 6.54 Å². The maximum Gasteiger partial charge on any atom is 0.259 e. The molecule has 23 heavy (non-hydrogen) atoms. The molecule has 0 bridgehead atoms. The van der Waals surface area contributed by atoms with Gasteiger partial charge >= 0.3 is 0 Å². The maximum absolute atomic E-state index is 11.8. The monoisotopic (exact) mass is 329 g/mol. The van der Waals surface area contributed by atoms with Crippen LogP contribution >= 0.6 is 11.6 Å². The maximum atomic E-state index is 11.8. The Labute approximate surface area is 139 Å². The number of hydrogen-bond acceptors (Lipinski definition) is 3. The first kappa shape index (κ1) is 16.7. The van der Waals surface area contributed by atoms with E-state index in [9.17, 15) is 9.59 Å². The lowest BCUT2D eigenvalue weighted by atomic mass is 10.2. The molecule has 118 valence electrons. The molecule has 0 unspecified atom stereocenters. The van der Waals surface area contributed by atoms with E-state index in [-0.39, 0.29) is 12.5 Å². The molecule has 0 aliphatic heterocycles. The topological polar surface area (TPSA) is 70.6 Å². The number of hydrazone groups is 1. The number of nitrogens with zero attached hydrogens (tertiary/aromatic N) is 1. The number of carbonyl (C=O) groups is 2. The fourth-order valence-corrected chi connectivity index (χ4v) is 1.95. The number of carbonyl (C=O) groups excluding carboxylic acids is 2. The van der Waals surface area contributed by atoms with Crippen LogP contribution in [0.2, 0.25) is 5.02 Å². The summed E-state index contributed by atoms with van der Waals surface area (Å²) < 4.78 is 0. The van der Waals surface area contributed by atoms with Crippen molar-refractivity contribution in [3.63, 3.8) is 0 Å². The average molecular weight is 330 g/mol. The molecule has 2 aromatic carbocycles. The van der Waals surface area contributed by atoms with Gasteiger partial charge in [0.1, 0.15) is 0 Å². The van der Waals surface area contributed by atoms with Crippen molar-refractivity contribution in [3.8, 4) is 0 Å². The Balaban J connectivity index is 1.78. The minimum Gasteiger partial charge on any atom is -0.343 e. The molecule has 2 rings (SSSR count). The van der Waals surface area contributed by atoms with E-state index >= 15 is 0 Å². The third kappa shape index (κ3) is 5.56. The highest BCUT2D eigenvalue weighted by Crippen LogP contribution is 2.10. The quantitative estimate of drug-likeness (QED) is 0.653. The smallest absolute Gasteiger partial charge is 0.259 e. The molecule has 0 aromatic heterocycles. The third-order valence-corrected chi connectivity index (χ3v) is 3.21. The first-order valence-corrected chi connectivity index (χ1v) is 7.35. The summed E-state index contributed by atoms with van der Waals surface area (Å²) in [4.78, 5) is 23.5. The van der Waals surface area contributed by atoms with Crippen molar-refractivity contribution >= 4 is 29.6 Å². The minimum absolute atomic E-state index is 0.170. The molecule has 0 aliphatic rings. The van der Waals surface area contributed by atoms with Gasteiger partial charge in [-0.15, -0.1) is 0 Å². The highest BCUT2D eigenvalue weighted by atomic mass is 35.5. The molecule has 0 saturated carbocycles. The highest BCUT2D eigenvalue weighted by Gasteiger charge is 2.07. The van der Waals surface area contributed by atoms with E-state index in [1.807, 2.05) is 31.2 Å². The van der Waals surface area contributed by atoms with Gasteiger partial charge in [-0.1, -0.05) is 47.5 Å². The zero-order valence-electron chi connectivity index (χ0n) is 12.5. The van der Waals surface area contributed by atoms with Crippen molar-refractivity contribution in [1.82, 2.24) is 10.7 Å². The zero-order chi connectivity index (χ0) is 16.7. The number of aryl methyl sites for hydroxylation is 1. The summed E-state index contributed by atoms with van der Waals surface area (Å²) in [6, 6.07) is 14.2. The number of benzene rings is 2. The van der Waals surface area contributed by atoms with Crippen LogP contribution in [-0.4, -0.2) is 24.6 Å². The van der Waals surface area contributed by atoms with Gasteiger partial charge in [-0.25, -0.2) is 5.43 Å². The molecule has 0 aliphatic carbocycles. The number of rotatable bonds is 5. The fourth-order valence-electron chi connectivity index (χ4n) is 1.76. The van der Waals surface area contributed by atoms with Crippen LogP contribution in [0, 0.1) is 6.92 Å². The first-order chi connectivity index (χ1) is 11.0. The molecule has 0 spiro atoms. The summed E-state index contributed by atoms with van der Waals surface area (Å²) in [5.41, 5.74) is 4.77. The van der Waals surface area contributed by atoms with Crippen LogP contribution in [0.5, 0.6) is 0 Å². The van der Waals surface area contributed by atoms with Gasteiger partial charge in [0, 0.05) is 10.6 Å². The molecule has 0 saturated heterocycles. The first-order valence-electron chi connectivity index (χ1n) is 6.97. The zero-order valence-corrected chi connectivity index (χ0v) is 13.3. The molecular weight excluding hydrogens is 314 g/mol. The average Bonchev–Trinajstić information content (AvgIpc) is 2.54. The second kappa shape index (κ2) is 8.10. The molecule has 0 heterocycles. The fraction of sp³-hybridized carbons (Fsp3) is 0.118. The molecule has 0 fully saturated rings. The van der Waals surface area contributed by atoms with E-state index in [1.54, 1.807) is 18.2 Å². The van der Waals surface area contributed by atoms with Crippen LogP contribution < -0.4 is 10.7 Å². The third-order valence-electron chi connectivity index (χ3n) is 2.98. The predicted molar refractivity (Wildman–Crippen MR) is 90.7 cm³/mol.